The van der Waals surface area contributed by atoms with Gasteiger partial charge in [-0.2, -0.15) is 26.3 Å². The molecule has 2 heterocycles. The van der Waals surface area contributed by atoms with Crippen LogP contribution in [0.3, 0.4) is 0 Å². The number of carbonyl (C=O) groups is 1. The van der Waals surface area contributed by atoms with E-state index in [2.05, 4.69) is 15.0 Å². The number of fused-ring (bicyclic) bond motifs is 1. The van der Waals surface area contributed by atoms with E-state index in [-0.39, 0.29) is 28.4 Å². The molecule has 4 N–H and O–H groups in total. The van der Waals surface area contributed by atoms with Crippen molar-refractivity contribution in [3.63, 3.8) is 0 Å². The minimum atomic E-state index is -4.94. The Bertz CT molecular complexity index is 1510. The Morgan fingerprint density at radius 2 is 1.64 bits per heavy atom. The van der Waals surface area contributed by atoms with Gasteiger partial charge in [0, 0.05) is 18.0 Å². The molecule has 0 fully saturated rings. The monoisotopic (exact) mass is 531 g/mol. The minimum Gasteiger partial charge on any atom is -0.455 e. The van der Waals surface area contributed by atoms with Crippen molar-refractivity contribution in [3.05, 3.63) is 75.3 Å². The molecule has 0 atom stereocenters. The molecule has 4 rings (SSSR count). The molecular formula is C21H12ClF6N5O3. The van der Waals surface area contributed by atoms with Crippen molar-refractivity contribution in [2.75, 3.05) is 10.6 Å². The Hall–Kier alpha value is -4.20. The zero-order valence-corrected chi connectivity index (χ0v) is 18.2. The normalized spacial score (nSPS) is 12.0. The molecule has 0 unspecified atom stereocenters. The molecule has 15 heteroatoms. The lowest BCUT2D eigenvalue weighted by atomic mass is 10.1. The van der Waals surface area contributed by atoms with Gasteiger partial charge < -0.3 is 20.4 Å². The number of hydrogen-bond donors (Lipinski definition) is 4. The van der Waals surface area contributed by atoms with E-state index >= 15 is 0 Å². The highest BCUT2D eigenvalue weighted by molar-refractivity contribution is 6.31. The summed E-state index contributed by atoms with van der Waals surface area (Å²) in [6.45, 7) is 0. The third-order valence-corrected chi connectivity index (χ3v) is 5.01. The molecule has 2 amide bonds. The highest BCUT2D eigenvalue weighted by atomic mass is 35.5. The van der Waals surface area contributed by atoms with Gasteiger partial charge in [0.25, 0.3) is 0 Å². The first kappa shape index (κ1) is 24.9. The summed E-state index contributed by atoms with van der Waals surface area (Å²) in [6, 6.07) is 5.21. The van der Waals surface area contributed by atoms with Crippen LogP contribution in [0.1, 0.15) is 11.1 Å². The second kappa shape index (κ2) is 9.11. The lowest BCUT2D eigenvalue weighted by molar-refractivity contribution is -0.138. The quantitative estimate of drug-likeness (QED) is 0.229. The first-order chi connectivity index (χ1) is 16.8. The van der Waals surface area contributed by atoms with Gasteiger partial charge in [-0.25, -0.2) is 14.6 Å². The number of anilines is 2. The Morgan fingerprint density at radius 3 is 2.33 bits per heavy atom. The van der Waals surface area contributed by atoms with Gasteiger partial charge in [0.1, 0.15) is 11.3 Å². The van der Waals surface area contributed by atoms with Crippen molar-refractivity contribution in [2.45, 2.75) is 12.4 Å². The van der Waals surface area contributed by atoms with Crippen LogP contribution in [0.4, 0.5) is 42.5 Å². The van der Waals surface area contributed by atoms with Gasteiger partial charge in [0.05, 0.1) is 21.8 Å². The Morgan fingerprint density at radius 1 is 0.917 bits per heavy atom. The number of nitrogens with zero attached hydrogens (tertiary/aromatic N) is 1. The fraction of sp³-hybridized carbons (Fsp3) is 0.0952. The number of imidazole rings is 1. The average Bonchev–Trinajstić information content (AvgIpc) is 3.16. The van der Waals surface area contributed by atoms with Crippen LogP contribution in [0.5, 0.6) is 11.5 Å². The van der Waals surface area contributed by atoms with Crippen LogP contribution in [0.2, 0.25) is 5.02 Å². The number of halogens is 7. The van der Waals surface area contributed by atoms with E-state index in [9.17, 15) is 35.9 Å². The number of urea groups is 1. The van der Waals surface area contributed by atoms with Crippen molar-refractivity contribution >= 4 is 40.2 Å². The van der Waals surface area contributed by atoms with Crippen molar-refractivity contribution in [2.24, 2.45) is 0 Å². The number of pyridine rings is 1. The summed E-state index contributed by atoms with van der Waals surface area (Å²) in [7, 11) is 0. The molecule has 0 aliphatic rings. The third kappa shape index (κ3) is 5.38. The maximum atomic E-state index is 13.7. The van der Waals surface area contributed by atoms with Gasteiger partial charge in [-0.3, -0.25) is 4.98 Å². The lowest BCUT2D eigenvalue weighted by Gasteiger charge is -2.17. The third-order valence-electron chi connectivity index (χ3n) is 4.69. The van der Waals surface area contributed by atoms with E-state index in [4.69, 9.17) is 16.3 Å². The molecule has 188 valence electrons. The molecule has 2 aromatic carbocycles. The number of aromatic amines is 2. The number of benzene rings is 2. The molecule has 8 nitrogen and oxygen atoms in total. The summed E-state index contributed by atoms with van der Waals surface area (Å²) in [5.74, 6) is -0.275. The van der Waals surface area contributed by atoms with Crippen LogP contribution in [0.25, 0.3) is 11.2 Å². The smallest absolute Gasteiger partial charge is 0.418 e. The van der Waals surface area contributed by atoms with Crippen molar-refractivity contribution in [1.82, 2.24) is 15.0 Å². The van der Waals surface area contributed by atoms with E-state index in [1.54, 1.807) is 0 Å². The van der Waals surface area contributed by atoms with Crippen LogP contribution in [0, 0.1) is 0 Å². The fourth-order valence-electron chi connectivity index (χ4n) is 3.16. The van der Waals surface area contributed by atoms with Gasteiger partial charge in [0.15, 0.2) is 11.4 Å². The Kier molecular flexibility index (Phi) is 6.30. The van der Waals surface area contributed by atoms with Gasteiger partial charge in [-0.15, -0.1) is 0 Å². The summed E-state index contributed by atoms with van der Waals surface area (Å²) < 4.78 is 85.6. The summed E-state index contributed by atoms with van der Waals surface area (Å²) >= 11 is 5.52. The molecule has 4 aromatic rings. The molecule has 0 spiro atoms. The van der Waals surface area contributed by atoms with Gasteiger partial charge in [0.2, 0.25) is 0 Å². The second-order valence-corrected chi connectivity index (χ2v) is 7.60. The number of H-pyrrole nitrogens is 2. The van der Waals surface area contributed by atoms with Gasteiger partial charge in [-0.1, -0.05) is 11.6 Å². The van der Waals surface area contributed by atoms with Crippen molar-refractivity contribution < 1.29 is 35.9 Å². The summed E-state index contributed by atoms with van der Waals surface area (Å²) in [5, 5.41) is 3.38. The highest BCUT2D eigenvalue weighted by Gasteiger charge is 2.35. The number of hydrogen-bond acceptors (Lipinski definition) is 4. The molecular weight excluding hydrogens is 520 g/mol. The summed E-state index contributed by atoms with van der Waals surface area (Å²) in [6.07, 6.45) is -8.48. The molecule has 2 aromatic heterocycles. The second-order valence-electron chi connectivity index (χ2n) is 7.19. The fourth-order valence-corrected chi connectivity index (χ4v) is 3.38. The molecule has 0 aliphatic heterocycles. The van der Waals surface area contributed by atoms with E-state index in [0.29, 0.717) is 12.1 Å². The SMILES string of the molecule is O=C(Nc1ccc(Cl)c(C(F)(F)F)c1)Nc1ccc(Oc2ccnc3[nH]c(=O)[nH]c23)cc1C(F)(F)F. The zero-order chi connectivity index (χ0) is 26.3. The van der Waals surface area contributed by atoms with E-state index in [1.807, 2.05) is 10.6 Å². The summed E-state index contributed by atoms with van der Waals surface area (Å²) in [4.78, 5) is 32.4. The number of carbonyl (C=O) groups excluding carboxylic acids is 1. The topological polar surface area (TPSA) is 112 Å². The number of aromatic nitrogens is 3. The predicted molar refractivity (Wildman–Crippen MR) is 117 cm³/mol. The van der Waals surface area contributed by atoms with Gasteiger partial charge >= 0.3 is 24.1 Å². The maximum Gasteiger partial charge on any atom is 0.418 e. The highest BCUT2D eigenvalue weighted by Crippen LogP contribution is 2.39. The largest absolute Gasteiger partial charge is 0.455 e. The van der Waals surface area contributed by atoms with E-state index in [0.717, 1.165) is 24.3 Å². The first-order valence-electron chi connectivity index (χ1n) is 9.72. The first-order valence-corrected chi connectivity index (χ1v) is 10.1. The van der Waals surface area contributed by atoms with Gasteiger partial charge in [-0.05, 0) is 36.4 Å². The van der Waals surface area contributed by atoms with E-state index < -0.39 is 45.9 Å². The van der Waals surface area contributed by atoms with Crippen LogP contribution < -0.4 is 21.1 Å². The number of nitrogens with one attached hydrogen (secondary N) is 4. The Labute approximate surface area is 201 Å². The van der Waals surface area contributed by atoms with Crippen molar-refractivity contribution in [1.29, 1.82) is 0 Å². The number of rotatable bonds is 4. The standard InChI is InChI=1S/C21H12ClF6N5O3/c22-13-3-1-9(7-11(13)20(23,24)25)30-18(34)31-14-4-2-10(8-12(14)21(26,27)28)36-15-5-6-29-17-16(15)32-19(35)33-17/h1-8H,(H2,30,31,34)(H2,29,32,33,35). The summed E-state index contributed by atoms with van der Waals surface area (Å²) in [5.41, 5.74) is -3.91. The predicted octanol–water partition coefficient (Wildman–Crippen LogP) is 6.38. The molecule has 0 saturated heterocycles. The number of amides is 2. The molecule has 0 saturated carbocycles. The van der Waals surface area contributed by atoms with Crippen LogP contribution in [0.15, 0.2) is 53.5 Å². The van der Waals surface area contributed by atoms with Crippen LogP contribution in [-0.2, 0) is 12.4 Å². The molecule has 36 heavy (non-hydrogen) atoms. The van der Waals surface area contributed by atoms with Crippen LogP contribution >= 0.6 is 11.6 Å². The average molecular weight is 532 g/mol. The molecule has 0 aliphatic carbocycles. The van der Waals surface area contributed by atoms with Crippen molar-refractivity contribution in [3.8, 4) is 11.5 Å². The van der Waals surface area contributed by atoms with Crippen LogP contribution in [-0.4, -0.2) is 21.0 Å². The Balaban J connectivity index is 1.58. The maximum absolute atomic E-state index is 13.7. The zero-order valence-electron chi connectivity index (χ0n) is 17.4. The minimum absolute atomic E-state index is 0.00753. The number of ether oxygens (including phenoxy) is 1. The molecule has 0 bridgehead atoms. The number of alkyl halides is 6. The lowest BCUT2D eigenvalue weighted by Crippen LogP contribution is -2.22. The van der Waals surface area contributed by atoms with E-state index in [1.165, 1.54) is 12.3 Å². The molecule has 0 radical (unpaired) electrons.